The van der Waals surface area contributed by atoms with Gasteiger partial charge in [-0.1, -0.05) is 30.3 Å². The molecule has 2 amide bonds. The number of nitrogens with two attached hydrogens (primary N) is 1. The van der Waals surface area contributed by atoms with Gasteiger partial charge in [0.25, 0.3) is 0 Å². The lowest BCUT2D eigenvalue weighted by Crippen LogP contribution is -2.54. The van der Waals surface area contributed by atoms with E-state index in [1.54, 1.807) is 0 Å². The quantitative estimate of drug-likeness (QED) is 0.835. The molecule has 2 aliphatic rings. The van der Waals surface area contributed by atoms with E-state index in [0.29, 0.717) is 17.5 Å². The Kier molecular flexibility index (Phi) is 4.80. The second kappa shape index (κ2) is 7.38. The topological polar surface area (TPSA) is 61.6 Å². The van der Waals surface area contributed by atoms with Crippen molar-refractivity contribution < 1.29 is 4.79 Å². The van der Waals surface area contributed by atoms with Crippen LogP contribution in [-0.2, 0) is 6.54 Å². The number of benzene rings is 2. The normalized spacial score (nSPS) is 22.8. The Labute approximate surface area is 154 Å². The first-order chi connectivity index (χ1) is 12.7. The summed E-state index contributed by atoms with van der Waals surface area (Å²) in [6.07, 6.45) is 1.23. The molecule has 2 aromatic rings. The van der Waals surface area contributed by atoms with Gasteiger partial charge >= 0.3 is 6.03 Å². The fourth-order valence-corrected chi connectivity index (χ4v) is 4.29. The molecular weight excluding hydrogens is 324 g/mol. The van der Waals surface area contributed by atoms with Crippen LogP contribution in [0.15, 0.2) is 54.6 Å². The second-order valence-electron chi connectivity index (χ2n) is 7.60. The van der Waals surface area contributed by atoms with Gasteiger partial charge in [0.2, 0.25) is 0 Å². The highest BCUT2D eigenvalue weighted by Crippen LogP contribution is 2.29. The third kappa shape index (κ3) is 3.99. The summed E-state index contributed by atoms with van der Waals surface area (Å²) in [7, 11) is 0. The molecule has 2 atom stereocenters. The molecular formula is C21H26N4O. The van der Waals surface area contributed by atoms with Gasteiger partial charge in [-0.15, -0.1) is 0 Å². The molecule has 4 rings (SSSR count). The molecule has 2 unspecified atom stereocenters. The minimum absolute atomic E-state index is 0.000908. The van der Waals surface area contributed by atoms with Crippen LogP contribution < -0.4 is 11.1 Å². The highest BCUT2D eigenvalue weighted by molar-refractivity contribution is 5.89. The number of rotatable bonds is 3. The fourth-order valence-electron chi connectivity index (χ4n) is 4.29. The number of fused-ring (bicyclic) bond motifs is 2. The number of carbonyl (C=O) groups excluding carboxylic acids is 1. The molecule has 2 saturated heterocycles. The van der Waals surface area contributed by atoms with Gasteiger partial charge in [-0.2, -0.15) is 0 Å². The zero-order chi connectivity index (χ0) is 17.9. The van der Waals surface area contributed by atoms with Gasteiger partial charge in [-0.3, -0.25) is 4.90 Å². The van der Waals surface area contributed by atoms with Crippen LogP contribution in [0.3, 0.4) is 0 Å². The zero-order valence-electron chi connectivity index (χ0n) is 15.0. The van der Waals surface area contributed by atoms with Gasteiger partial charge in [-0.05, 0) is 48.1 Å². The van der Waals surface area contributed by atoms with Gasteiger partial charge in [0, 0.05) is 44.1 Å². The molecule has 2 heterocycles. The summed E-state index contributed by atoms with van der Waals surface area (Å²) in [5.74, 6) is 1.12. The number of likely N-dealkylation sites (tertiary alicyclic amines) is 2. The van der Waals surface area contributed by atoms with Crippen LogP contribution in [0.1, 0.15) is 12.0 Å². The predicted octanol–water partition coefficient (Wildman–Crippen LogP) is 3.25. The van der Waals surface area contributed by atoms with Gasteiger partial charge < -0.3 is 16.0 Å². The van der Waals surface area contributed by atoms with E-state index < -0.39 is 0 Å². The van der Waals surface area contributed by atoms with Crippen molar-refractivity contribution in [2.75, 3.05) is 37.2 Å². The highest BCUT2D eigenvalue weighted by Gasteiger charge is 2.35. The van der Waals surface area contributed by atoms with Crippen LogP contribution in [0, 0.1) is 11.8 Å². The Hall–Kier alpha value is -2.53. The summed E-state index contributed by atoms with van der Waals surface area (Å²) in [6.45, 7) is 4.81. The highest BCUT2D eigenvalue weighted by atomic mass is 16.2. The van der Waals surface area contributed by atoms with Gasteiger partial charge in [-0.25, -0.2) is 4.79 Å². The number of hydrogen-bond acceptors (Lipinski definition) is 3. The first kappa shape index (κ1) is 16.9. The lowest BCUT2D eigenvalue weighted by Gasteiger charge is -2.45. The van der Waals surface area contributed by atoms with Gasteiger partial charge in [0.15, 0.2) is 0 Å². The Balaban J connectivity index is 1.34. The number of nitrogen functional groups attached to an aromatic ring is 1. The number of anilines is 2. The van der Waals surface area contributed by atoms with Crippen LogP contribution in [0.25, 0.3) is 0 Å². The monoisotopic (exact) mass is 350 g/mol. The van der Waals surface area contributed by atoms with Crippen molar-refractivity contribution in [1.29, 1.82) is 0 Å². The average molecular weight is 350 g/mol. The van der Waals surface area contributed by atoms with E-state index in [0.717, 1.165) is 38.4 Å². The molecule has 0 aromatic heterocycles. The van der Waals surface area contributed by atoms with Crippen LogP contribution in [0.2, 0.25) is 0 Å². The van der Waals surface area contributed by atoms with Crippen molar-refractivity contribution in [1.82, 2.24) is 9.80 Å². The summed E-state index contributed by atoms with van der Waals surface area (Å²) in [6, 6.07) is 18.0. The Bertz CT molecular complexity index is 732. The molecule has 2 aromatic carbocycles. The summed E-state index contributed by atoms with van der Waals surface area (Å²) in [5.41, 5.74) is 8.57. The minimum atomic E-state index is 0.000908. The number of nitrogens with one attached hydrogen (secondary N) is 1. The van der Waals surface area contributed by atoms with E-state index in [4.69, 9.17) is 5.73 Å². The molecule has 2 aliphatic heterocycles. The molecule has 0 aliphatic carbocycles. The van der Waals surface area contributed by atoms with E-state index in [2.05, 4.69) is 40.5 Å². The Morgan fingerprint density at radius 2 is 1.62 bits per heavy atom. The van der Waals surface area contributed by atoms with Crippen LogP contribution in [0.4, 0.5) is 16.2 Å². The molecule has 3 N–H and O–H groups in total. The predicted molar refractivity (Wildman–Crippen MR) is 105 cm³/mol. The maximum absolute atomic E-state index is 12.6. The number of amides is 2. The number of nitrogens with zero attached hydrogens (tertiary/aromatic N) is 2. The SMILES string of the molecule is Nc1ccc(NC(=O)N2CC3CC(CN(Cc4ccccc4)C3)C2)cc1. The van der Waals surface area contributed by atoms with Crippen molar-refractivity contribution in [3.63, 3.8) is 0 Å². The van der Waals surface area contributed by atoms with Crippen molar-refractivity contribution in [3.8, 4) is 0 Å². The van der Waals surface area contributed by atoms with E-state index in [1.165, 1.54) is 12.0 Å². The maximum atomic E-state index is 12.6. The first-order valence-electron chi connectivity index (χ1n) is 9.33. The van der Waals surface area contributed by atoms with E-state index >= 15 is 0 Å². The number of hydrogen-bond donors (Lipinski definition) is 2. The average Bonchev–Trinajstić information content (AvgIpc) is 2.63. The van der Waals surface area contributed by atoms with Gasteiger partial charge in [0.1, 0.15) is 0 Å². The summed E-state index contributed by atoms with van der Waals surface area (Å²) >= 11 is 0. The van der Waals surface area contributed by atoms with Crippen molar-refractivity contribution in [3.05, 3.63) is 60.2 Å². The molecule has 26 heavy (non-hydrogen) atoms. The standard InChI is InChI=1S/C21H26N4O/c22-19-6-8-20(9-7-19)23-21(26)25-14-17-10-18(15-25)13-24(12-17)11-16-4-2-1-3-5-16/h1-9,17-18H,10-15,22H2,(H,23,26). The number of urea groups is 1. The van der Waals surface area contributed by atoms with Crippen molar-refractivity contribution >= 4 is 17.4 Å². The van der Waals surface area contributed by atoms with Crippen LogP contribution >= 0.6 is 0 Å². The maximum Gasteiger partial charge on any atom is 0.321 e. The molecule has 0 saturated carbocycles. The molecule has 2 fully saturated rings. The molecule has 5 nitrogen and oxygen atoms in total. The zero-order valence-corrected chi connectivity index (χ0v) is 15.0. The lowest BCUT2D eigenvalue weighted by molar-refractivity contribution is 0.0456. The third-order valence-electron chi connectivity index (χ3n) is 5.35. The van der Waals surface area contributed by atoms with Gasteiger partial charge in [0.05, 0.1) is 0 Å². The fraction of sp³-hybridized carbons (Fsp3) is 0.381. The van der Waals surface area contributed by atoms with Crippen LogP contribution in [0.5, 0.6) is 0 Å². The smallest absolute Gasteiger partial charge is 0.321 e. The van der Waals surface area contributed by atoms with E-state index in [-0.39, 0.29) is 6.03 Å². The summed E-state index contributed by atoms with van der Waals surface area (Å²) in [5, 5.41) is 3.00. The molecule has 0 spiro atoms. The van der Waals surface area contributed by atoms with Crippen molar-refractivity contribution in [2.24, 2.45) is 11.8 Å². The Morgan fingerprint density at radius 1 is 0.962 bits per heavy atom. The second-order valence-corrected chi connectivity index (χ2v) is 7.60. The van der Waals surface area contributed by atoms with E-state index in [9.17, 15) is 4.79 Å². The molecule has 0 radical (unpaired) electrons. The Morgan fingerprint density at radius 3 is 2.27 bits per heavy atom. The molecule has 136 valence electrons. The first-order valence-corrected chi connectivity index (χ1v) is 9.33. The largest absolute Gasteiger partial charge is 0.399 e. The number of carbonyl (C=O) groups is 1. The third-order valence-corrected chi connectivity index (χ3v) is 5.35. The molecule has 5 heteroatoms. The molecule has 2 bridgehead atoms. The van der Waals surface area contributed by atoms with Crippen LogP contribution in [-0.4, -0.2) is 42.0 Å². The number of piperidine rings is 2. The summed E-state index contributed by atoms with van der Waals surface area (Å²) in [4.78, 5) is 17.2. The van der Waals surface area contributed by atoms with Crippen molar-refractivity contribution in [2.45, 2.75) is 13.0 Å². The minimum Gasteiger partial charge on any atom is -0.399 e. The van der Waals surface area contributed by atoms with E-state index in [1.807, 2.05) is 29.2 Å². The lowest BCUT2D eigenvalue weighted by atomic mass is 9.84. The summed E-state index contributed by atoms with van der Waals surface area (Å²) < 4.78 is 0.